The molecule has 1 aromatic carbocycles. The van der Waals surface area contributed by atoms with Crippen LogP contribution in [0.15, 0.2) is 38.3 Å². The predicted octanol–water partition coefficient (Wildman–Crippen LogP) is 3.41. The van der Waals surface area contributed by atoms with E-state index < -0.39 is 16.0 Å². The highest BCUT2D eigenvalue weighted by atomic mass is 79.9. The van der Waals surface area contributed by atoms with Gasteiger partial charge in [-0.25, -0.2) is 13.2 Å². The lowest BCUT2D eigenvalue weighted by Crippen LogP contribution is -2.13. The zero-order chi connectivity index (χ0) is 15.6. The Bertz CT molecular complexity index is 783. The Hall–Kier alpha value is -1.38. The van der Waals surface area contributed by atoms with Crippen molar-refractivity contribution in [1.29, 1.82) is 0 Å². The number of hydrogen-bond donors (Lipinski definition) is 1. The fraction of sp³-hybridized carbons (Fsp3) is 0.154. The van der Waals surface area contributed by atoms with Crippen molar-refractivity contribution in [2.45, 2.75) is 11.1 Å². The summed E-state index contributed by atoms with van der Waals surface area (Å²) in [6.45, 7) is 1.72. The summed E-state index contributed by atoms with van der Waals surface area (Å²) in [7, 11) is -2.34. The van der Waals surface area contributed by atoms with Gasteiger partial charge in [-0.05, 0) is 58.7 Å². The number of benzene rings is 1. The van der Waals surface area contributed by atoms with Gasteiger partial charge in [-0.1, -0.05) is 0 Å². The van der Waals surface area contributed by atoms with Gasteiger partial charge in [0.1, 0.15) is 4.21 Å². The Morgan fingerprint density at radius 3 is 2.52 bits per heavy atom. The lowest BCUT2D eigenvalue weighted by Gasteiger charge is -2.10. The minimum atomic E-state index is -3.63. The molecule has 0 bridgehead atoms. The van der Waals surface area contributed by atoms with E-state index in [9.17, 15) is 13.2 Å². The molecule has 21 heavy (non-hydrogen) atoms. The van der Waals surface area contributed by atoms with E-state index in [-0.39, 0.29) is 4.21 Å². The maximum absolute atomic E-state index is 12.2. The highest BCUT2D eigenvalue weighted by Gasteiger charge is 2.18. The van der Waals surface area contributed by atoms with Crippen LogP contribution in [-0.2, 0) is 14.8 Å². The van der Waals surface area contributed by atoms with Crippen LogP contribution in [0.3, 0.4) is 0 Å². The van der Waals surface area contributed by atoms with Crippen LogP contribution in [0.1, 0.15) is 15.9 Å². The molecule has 0 aliphatic rings. The van der Waals surface area contributed by atoms with Crippen LogP contribution < -0.4 is 4.72 Å². The minimum Gasteiger partial charge on any atom is -0.465 e. The Morgan fingerprint density at radius 1 is 1.29 bits per heavy atom. The van der Waals surface area contributed by atoms with Crippen LogP contribution in [-0.4, -0.2) is 21.5 Å². The molecular weight excluding hydrogens is 378 g/mol. The zero-order valence-electron chi connectivity index (χ0n) is 11.2. The maximum atomic E-state index is 12.2. The van der Waals surface area contributed by atoms with Gasteiger partial charge < -0.3 is 4.74 Å². The molecule has 8 heteroatoms. The van der Waals surface area contributed by atoms with Gasteiger partial charge in [0.15, 0.2) is 0 Å². The molecule has 0 fully saturated rings. The summed E-state index contributed by atoms with van der Waals surface area (Å²) in [4.78, 5) is 11.4. The number of aryl methyl sites for hydroxylation is 1. The quantitative estimate of drug-likeness (QED) is 0.813. The minimum absolute atomic E-state index is 0.214. The summed E-state index contributed by atoms with van der Waals surface area (Å²) in [5, 5.41) is 0. The van der Waals surface area contributed by atoms with Crippen LogP contribution >= 0.6 is 27.3 Å². The van der Waals surface area contributed by atoms with Crippen molar-refractivity contribution in [2.75, 3.05) is 11.8 Å². The van der Waals surface area contributed by atoms with Crippen molar-refractivity contribution in [3.05, 3.63) is 45.2 Å². The van der Waals surface area contributed by atoms with E-state index in [0.29, 0.717) is 16.8 Å². The largest absolute Gasteiger partial charge is 0.465 e. The van der Waals surface area contributed by atoms with Gasteiger partial charge in [-0.3, -0.25) is 4.72 Å². The number of rotatable bonds is 4. The van der Waals surface area contributed by atoms with Crippen molar-refractivity contribution in [3.63, 3.8) is 0 Å². The molecule has 0 amide bonds. The molecule has 5 nitrogen and oxygen atoms in total. The smallest absolute Gasteiger partial charge is 0.337 e. The summed E-state index contributed by atoms with van der Waals surface area (Å²) in [6, 6.07) is 7.83. The lowest BCUT2D eigenvalue weighted by molar-refractivity contribution is 0.0600. The van der Waals surface area contributed by atoms with Gasteiger partial charge in [0.25, 0.3) is 10.0 Å². The first-order valence-corrected chi connectivity index (χ1v) is 8.90. The first-order chi connectivity index (χ1) is 9.83. The van der Waals surface area contributed by atoms with Crippen molar-refractivity contribution in [3.8, 4) is 0 Å². The van der Waals surface area contributed by atoms with Gasteiger partial charge in [0.2, 0.25) is 0 Å². The number of methoxy groups -OCH3 is 1. The number of hydrogen-bond acceptors (Lipinski definition) is 5. The Kier molecular flexibility index (Phi) is 4.70. The molecule has 0 atom stereocenters. The third-order valence-corrected chi connectivity index (χ3v) is 6.19. The lowest BCUT2D eigenvalue weighted by atomic mass is 10.1. The van der Waals surface area contributed by atoms with Gasteiger partial charge in [0.05, 0.1) is 22.1 Å². The van der Waals surface area contributed by atoms with E-state index >= 15 is 0 Å². The molecule has 0 saturated carbocycles. The second-order valence-corrected chi connectivity index (χ2v) is 8.56. The number of carbonyl (C=O) groups is 1. The fourth-order valence-corrected chi connectivity index (χ4v) is 4.80. The maximum Gasteiger partial charge on any atom is 0.337 e. The van der Waals surface area contributed by atoms with Gasteiger partial charge in [-0.15, -0.1) is 11.3 Å². The molecule has 0 spiro atoms. The van der Waals surface area contributed by atoms with Crippen LogP contribution in [0, 0.1) is 6.92 Å². The molecule has 0 unspecified atom stereocenters. The first kappa shape index (κ1) is 16.0. The fourth-order valence-electron chi connectivity index (χ4n) is 1.66. The highest BCUT2D eigenvalue weighted by molar-refractivity contribution is 9.11. The molecule has 1 aromatic heterocycles. The summed E-state index contributed by atoms with van der Waals surface area (Å²) in [6.07, 6.45) is 0. The van der Waals surface area contributed by atoms with Gasteiger partial charge in [0, 0.05) is 0 Å². The van der Waals surface area contributed by atoms with E-state index in [0.717, 1.165) is 15.1 Å². The van der Waals surface area contributed by atoms with E-state index in [2.05, 4.69) is 25.4 Å². The van der Waals surface area contributed by atoms with Crippen LogP contribution in [0.25, 0.3) is 0 Å². The monoisotopic (exact) mass is 389 g/mol. The predicted molar refractivity (Wildman–Crippen MR) is 85.3 cm³/mol. The van der Waals surface area contributed by atoms with Crippen molar-refractivity contribution in [2.24, 2.45) is 0 Å². The molecular formula is C13H12BrNO4S2. The van der Waals surface area contributed by atoms with Crippen LogP contribution in [0.4, 0.5) is 5.69 Å². The summed E-state index contributed by atoms with van der Waals surface area (Å²) in [5.74, 6) is -0.463. The van der Waals surface area contributed by atoms with Crippen LogP contribution in [0.2, 0.25) is 0 Å². The summed E-state index contributed by atoms with van der Waals surface area (Å²) in [5.41, 5.74) is 1.43. The molecule has 0 radical (unpaired) electrons. The molecule has 1 N–H and O–H groups in total. The van der Waals surface area contributed by atoms with Gasteiger partial charge >= 0.3 is 5.97 Å². The molecule has 2 aromatic rings. The average molecular weight is 390 g/mol. The number of carbonyl (C=O) groups excluding carboxylic acids is 1. The van der Waals surface area contributed by atoms with Crippen molar-refractivity contribution in [1.82, 2.24) is 0 Å². The number of sulfonamides is 1. The molecule has 0 aliphatic heterocycles. The highest BCUT2D eigenvalue weighted by Crippen LogP contribution is 2.28. The van der Waals surface area contributed by atoms with E-state index in [1.54, 1.807) is 25.1 Å². The second kappa shape index (κ2) is 6.17. The Morgan fingerprint density at radius 2 is 2.00 bits per heavy atom. The standard InChI is InChI=1S/C13H12BrNO4S2/c1-8-7-9(13(16)19-2)3-4-10(8)15-21(17,18)12-6-5-11(14)20-12/h3-7,15H,1-2H3. The van der Waals surface area contributed by atoms with Crippen molar-refractivity contribution >= 4 is 48.9 Å². The molecule has 0 saturated heterocycles. The number of nitrogens with one attached hydrogen (secondary N) is 1. The topological polar surface area (TPSA) is 72.5 Å². The summed E-state index contributed by atoms with van der Waals surface area (Å²) >= 11 is 4.36. The van der Waals surface area contributed by atoms with E-state index in [4.69, 9.17) is 0 Å². The SMILES string of the molecule is COC(=O)c1ccc(NS(=O)(=O)c2ccc(Br)s2)c(C)c1. The third kappa shape index (κ3) is 3.63. The summed E-state index contributed by atoms with van der Waals surface area (Å²) < 4.78 is 32.5. The number of thiophene rings is 1. The molecule has 1 heterocycles. The number of ether oxygens (including phenoxy) is 1. The molecule has 112 valence electrons. The van der Waals surface area contributed by atoms with Crippen LogP contribution in [0.5, 0.6) is 0 Å². The molecule has 0 aliphatic carbocycles. The number of esters is 1. The third-order valence-electron chi connectivity index (χ3n) is 2.71. The molecule has 2 rings (SSSR count). The van der Waals surface area contributed by atoms with Gasteiger partial charge in [-0.2, -0.15) is 0 Å². The van der Waals surface area contributed by atoms with E-state index in [1.165, 1.54) is 19.2 Å². The first-order valence-electron chi connectivity index (χ1n) is 5.80. The number of anilines is 1. The van der Waals surface area contributed by atoms with E-state index in [1.807, 2.05) is 0 Å². The number of halogens is 1. The van der Waals surface area contributed by atoms with Crippen molar-refractivity contribution < 1.29 is 17.9 Å². The Labute approximate surface area is 135 Å². The average Bonchev–Trinajstić information content (AvgIpc) is 2.87. The second-order valence-electron chi connectivity index (χ2n) is 4.19. The Balaban J connectivity index is 2.30. The zero-order valence-corrected chi connectivity index (χ0v) is 14.4. The normalized spacial score (nSPS) is 11.2.